The number of urea groups is 1. The summed E-state index contributed by atoms with van der Waals surface area (Å²) >= 11 is 5.97. The fourth-order valence-electron chi connectivity index (χ4n) is 2.97. The highest BCUT2D eigenvalue weighted by Gasteiger charge is 2.30. The van der Waals surface area contributed by atoms with E-state index in [0.717, 1.165) is 29.1 Å². The maximum atomic E-state index is 12.5. The highest BCUT2D eigenvalue weighted by molar-refractivity contribution is 6.30. The summed E-state index contributed by atoms with van der Waals surface area (Å²) < 4.78 is 0. The molecule has 114 valence electrons. The second kappa shape index (κ2) is 6.41. The molecule has 0 aliphatic carbocycles. The van der Waals surface area contributed by atoms with Gasteiger partial charge < -0.3 is 5.32 Å². The Balaban J connectivity index is 1.61. The van der Waals surface area contributed by atoms with E-state index in [4.69, 9.17) is 11.6 Å². The molecule has 0 spiro atoms. The largest absolute Gasteiger partial charge is 0.337 e. The number of hydrogen-bond donors (Lipinski definition) is 1. The molecule has 1 aliphatic rings. The number of benzene rings is 2. The zero-order valence-corrected chi connectivity index (χ0v) is 13.3. The van der Waals surface area contributed by atoms with Crippen molar-refractivity contribution in [3.63, 3.8) is 0 Å². The highest BCUT2D eigenvalue weighted by atomic mass is 35.5. The van der Waals surface area contributed by atoms with Crippen LogP contribution < -0.4 is 10.2 Å². The Morgan fingerprint density at radius 3 is 2.91 bits per heavy atom. The van der Waals surface area contributed by atoms with E-state index in [0.29, 0.717) is 6.54 Å². The zero-order valence-electron chi connectivity index (χ0n) is 12.6. The molecule has 0 bridgehead atoms. The molecule has 0 fully saturated rings. The average Bonchev–Trinajstić information content (AvgIpc) is 2.83. The summed E-state index contributed by atoms with van der Waals surface area (Å²) in [4.78, 5) is 14.3. The van der Waals surface area contributed by atoms with Gasteiger partial charge in [0.15, 0.2) is 0 Å². The van der Waals surface area contributed by atoms with Crippen LogP contribution in [0.3, 0.4) is 0 Å². The molecule has 2 amide bonds. The van der Waals surface area contributed by atoms with E-state index in [1.165, 1.54) is 5.56 Å². The van der Waals surface area contributed by atoms with Crippen LogP contribution in [0.5, 0.6) is 0 Å². The van der Waals surface area contributed by atoms with Crippen molar-refractivity contribution in [2.45, 2.75) is 25.8 Å². The van der Waals surface area contributed by atoms with Gasteiger partial charge in [-0.2, -0.15) is 0 Å². The molecule has 22 heavy (non-hydrogen) atoms. The molecule has 1 N–H and O–H groups in total. The van der Waals surface area contributed by atoms with E-state index >= 15 is 0 Å². The number of amides is 2. The van der Waals surface area contributed by atoms with Gasteiger partial charge in [-0.05, 0) is 49.1 Å². The molecule has 3 nitrogen and oxygen atoms in total. The summed E-state index contributed by atoms with van der Waals surface area (Å²) in [6.45, 7) is 2.68. The Morgan fingerprint density at radius 1 is 1.27 bits per heavy atom. The van der Waals surface area contributed by atoms with Gasteiger partial charge in [-0.3, -0.25) is 4.90 Å². The number of anilines is 1. The second-order valence-electron chi connectivity index (χ2n) is 5.66. The van der Waals surface area contributed by atoms with Gasteiger partial charge in [0.1, 0.15) is 0 Å². The molecule has 1 unspecified atom stereocenters. The quantitative estimate of drug-likeness (QED) is 0.911. The molecule has 0 radical (unpaired) electrons. The molecule has 1 heterocycles. The number of carbonyl (C=O) groups is 1. The third kappa shape index (κ3) is 3.09. The Hall–Kier alpha value is -2.00. The maximum absolute atomic E-state index is 12.5. The highest BCUT2D eigenvalue weighted by Crippen LogP contribution is 2.31. The van der Waals surface area contributed by atoms with Crippen molar-refractivity contribution in [3.05, 3.63) is 64.7 Å². The van der Waals surface area contributed by atoms with Crippen LogP contribution in [-0.2, 0) is 12.8 Å². The van der Waals surface area contributed by atoms with Crippen molar-refractivity contribution >= 4 is 23.3 Å². The molecule has 0 saturated carbocycles. The molecule has 4 heteroatoms. The van der Waals surface area contributed by atoms with Gasteiger partial charge in [-0.1, -0.05) is 41.9 Å². The number of nitrogens with zero attached hydrogens (tertiary/aromatic N) is 1. The van der Waals surface area contributed by atoms with E-state index in [-0.39, 0.29) is 12.1 Å². The second-order valence-corrected chi connectivity index (χ2v) is 6.10. The van der Waals surface area contributed by atoms with Crippen LogP contribution in [0.2, 0.25) is 5.02 Å². The van der Waals surface area contributed by atoms with Crippen LogP contribution in [0.1, 0.15) is 18.1 Å². The average molecular weight is 315 g/mol. The van der Waals surface area contributed by atoms with Crippen molar-refractivity contribution in [1.82, 2.24) is 5.32 Å². The van der Waals surface area contributed by atoms with Crippen LogP contribution in [0, 0.1) is 0 Å². The number of para-hydroxylation sites is 1. The monoisotopic (exact) mass is 314 g/mol. The summed E-state index contributed by atoms with van der Waals surface area (Å²) in [5.41, 5.74) is 3.39. The van der Waals surface area contributed by atoms with Gasteiger partial charge >= 0.3 is 6.03 Å². The summed E-state index contributed by atoms with van der Waals surface area (Å²) in [6, 6.07) is 16.0. The van der Waals surface area contributed by atoms with Crippen molar-refractivity contribution in [2.75, 3.05) is 11.4 Å². The van der Waals surface area contributed by atoms with Crippen LogP contribution in [0.25, 0.3) is 0 Å². The lowest BCUT2D eigenvalue weighted by molar-refractivity contribution is 0.245. The molecule has 0 saturated heterocycles. The molecular formula is C18H19ClN2O. The molecule has 2 aromatic carbocycles. The van der Waals surface area contributed by atoms with Crippen molar-refractivity contribution in [3.8, 4) is 0 Å². The first-order valence-corrected chi connectivity index (χ1v) is 7.92. The van der Waals surface area contributed by atoms with E-state index < -0.39 is 0 Å². The van der Waals surface area contributed by atoms with Crippen LogP contribution in [0.4, 0.5) is 10.5 Å². The van der Waals surface area contributed by atoms with Crippen molar-refractivity contribution in [2.24, 2.45) is 0 Å². The van der Waals surface area contributed by atoms with Gasteiger partial charge in [0, 0.05) is 23.3 Å². The van der Waals surface area contributed by atoms with E-state index in [1.807, 2.05) is 47.4 Å². The van der Waals surface area contributed by atoms with Gasteiger partial charge in [-0.25, -0.2) is 4.79 Å². The van der Waals surface area contributed by atoms with Crippen LogP contribution >= 0.6 is 11.6 Å². The molecule has 1 aliphatic heterocycles. The number of fused-ring (bicyclic) bond motifs is 1. The first-order chi connectivity index (χ1) is 10.6. The van der Waals surface area contributed by atoms with Gasteiger partial charge in [-0.15, -0.1) is 0 Å². The lowest BCUT2D eigenvalue weighted by atomic mass is 10.1. The lowest BCUT2D eigenvalue weighted by Crippen LogP contribution is -2.43. The zero-order chi connectivity index (χ0) is 15.5. The number of nitrogens with one attached hydrogen (secondary N) is 1. The van der Waals surface area contributed by atoms with Crippen molar-refractivity contribution in [1.29, 1.82) is 0 Å². The van der Waals surface area contributed by atoms with Gasteiger partial charge in [0.2, 0.25) is 0 Å². The Bertz CT molecular complexity index is 686. The van der Waals surface area contributed by atoms with Crippen LogP contribution in [0.15, 0.2) is 48.5 Å². The topological polar surface area (TPSA) is 32.3 Å². The molecule has 1 atom stereocenters. The molecular weight excluding hydrogens is 296 g/mol. The molecule has 0 aromatic heterocycles. The van der Waals surface area contributed by atoms with Crippen LogP contribution in [-0.4, -0.2) is 18.6 Å². The van der Waals surface area contributed by atoms with Crippen molar-refractivity contribution < 1.29 is 4.79 Å². The van der Waals surface area contributed by atoms with Gasteiger partial charge in [0.25, 0.3) is 0 Å². The SMILES string of the molecule is CC1Cc2ccccc2N1C(=O)NCCc1cccc(Cl)c1. The minimum Gasteiger partial charge on any atom is -0.337 e. The Labute approximate surface area is 135 Å². The first kappa shape index (κ1) is 14.9. The minimum atomic E-state index is -0.0283. The normalized spacial score (nSPS) is 16.5. The summed E-state index contributed by atoms with van der Waals surface area (Å²) in [5, 5.41) is 3.74. The summed E-state index contributed by atoms with van der Waals surface area (Å²) in [6.07, 6.45) is 1.69. The molecule has 2 aromatic rings. The summed E-state index contributed by atoms with van der Waals surface area (Å²) in [5.74, 6) is 0. The minimum absolute atomic E-state index is 0.0283. The van der Waals surface area contributed by atoms with Gasteiger partial charge in [0.05, 0.1) is 0 Å². The number of carbonyl (C=O) groups excluding carboxylic acids is 1. The fraction of sp³-hybridized carbons (Fsp3) is 0.278. The smallest absolute Gasteiger partial charge is 0.322 e. The fourth-order valence-corrected chi connectivity index (χ4v) is 3.18. The Kier molecular flexibility index (Phi) is 4.34. The number of hydrogen-bond acceptors (Lipinski definition) is 1. The molecule has 3 rings (SSSR count). The predicted molar refractivity (Wildman–Crippen MR) is 90.6 cm³/mol. The third-order valence-electron chi connectivity index (χ3n) is 4.00. The predicted octanol–water partition coefficient (Wildman–Crippen LogP) is 4.04. The first-order valence-electron chi connectivity index (χ1n) is 7.54. The van der Waals surface area contributed by atoms with E-state index in [2.05, 4.69) is 18.3 Å². The maximum Gasteiger partial charge on any atom is 0.322 e. The van der Waals surface area contributed by atoms with E-state index in [1.54, 1.807) is 0 Å². The third-order valence-corrected chi connectivity index (χ3v) is 4.24. The van der Waals surface area contributed by atoms with E-state index in [9.17, 15) is 4.79 Å². The Morgan fingerprint density at radius 2 is 2.09 bits per heavy atom. The number of rotatable bonds is 3. The lowest BCUT2D eigenvalue weighted by Gasteiger charge is -2.23. The number of halogens is 1. The standard InChI is InChI=1S/C18H19ClN2O/c1-13-11-15-6-2-3-8-17(15)21(13)18(22)20-10-9-14-5-4-7-16(19)12-14/h2-8,12-13H,9-11H2,1H3,(H,20,22). The summed E-state index contributed by atoms with van der Waals surface area (Å²) in [7, 11) is 0.